The van der Waals surface area contributed by atoms with Gasteiger partial charge in [-0.3, -0.25) is 9.59 Å². The van der Waals surface area contributed by atoms with Gasteiger partial charge in [0.1, 0.15) is 23.1 Å². The molecule has 0 bridgehead atoms. The molecule has 2 aromatic carbocycles. The van der Waals surface area contributed by atoms with Crippen LogP contribution in [0.3, 0.4) is 0 Å². The number of amides is 4. The number of benzene rings is 2. The minimum atomic E-state index is -1.07. The number of hydroxylamine groups is 4. The molecule has 0 atom stereocenters. The summed E-state index contributed by atoms with van der Waals surface area (Å²) in [6.45, 7) is 23.5. The summed E-state index contributed by atoms with van der Waals surface area (Å²) in [4.78, 5) is 111. The number of rotatable bonds is 26. The first-order chi connectivity index (χ1) is 34.7. The number of nitrogens with zero attached hydrogens (tertiary/aromatic N) is 6. The van der Waals surface area contributed by atoms with Crippen molar-refractivity contribution in [1.82, 2.24) is 39.9 Å². The molecular formula is C52H74N10O10. The van der Waals surface area contributed by atoms with Gasteiger partial charge in [0.25, 0.3) is 11.1 Å². The van der Waals surface area contributed by atoms with Gasteiger partial charge < -0.3 is 49.6 Å². The molecule has 0 saturated carbocycles. The fourth-order valence-corrected chi connectivity index (χ4v) is 7.63. The molecule has 72 heavy (non-hydrogen) atoms. The van der Waals surface area contributed by atoms with E-state index in [9.17, 15) is 28.8 Å². The van der Waals surface area contributed by atoms with Crippen LogP contribution in [0.1, 0.15) is 105 Å². The van der Waals surface area contributed by atoms with Crippen molar-refractivity contribution in [3.8, 4) is 34.3 Å². The summed E-state index contributed by atoms with van der Waals surface area (Å²) >= 11 is 0. The molecule has 0 aliphatic rings. The number of hydrogen-bond acceptors (Lipinski definition) is 14. The number of H-pyrrole nitrogens is 2. The van der Waals surface area contributed by atoms with Crippen molar-refractivity contribution in [1.29, 1.82) is 0 Å². The van der Waals surface area contributed by atoms with E-state index in [1.54, 1.807) is 36.4 Å². The van der Waals surface area contributed by atoms with Gasteiger partial charge in [-0.25, -0.2) is 29.1 Å². The standard InChI is InChI=1S/C52H74N10O10/c1-11-31-69-43-23-21-35(33-39(43)47-55-41(15-5)37(13-3)49(65)57-47)53-51(67)61(29-27-59(17-7)18-8)71-45(63)25-26-46(64)72-62(30-28-60(19-9)20-10)52(68)54-36-22-24-44(70-32-12-2)40(34-36)48-56-42(16-6)38(14-4)50(66)58-48/h21-26,33-34H,11-20,27-32H2,1-10H3,(H,53,67)(H,54,68)(H,55,57,65)(H,56,58,66)/b26-25-. The van der Waals surface area contributed by atoms with E-state index in [-0.39, 0.29) is 35.9 Å². The summed E-state index contributed by atoms with van der Waals surface area (Å²) in [5.74, 6) is -0.692. The average Bonchev–Trinajstić information content (AvgIpc) is 3.38. The molecule has 4 aromatic rings. The van der Waals surface area contributed by atoms with Gasteiger partial charge in [0.15, 0.2) is 0 Å². The van der Waals surface area contributed by atoms with Gasteiger partial charge in [0, 0.05) is 47.7 Å². The zero-order valence-corrected chi connectivity index (χ0v) is 43.7. The highest BCUT2D eigenvalue weighted by Crippen LogP contribution is 2.33. The molecule has 2 aromatic heterocycles. The van der Waals surface area contributed by atoms with Gasteiger partial charge in [-0.1, -0.05) is 69.2 Å². The molecule has 0 spiro atoms. The Morgan fingerprint density at radius 3 is 1.24 bits per heavy atom. The third-order valence-corrected chi connectivity index (χ3v) is 11.7. The second kappa shape index (κ2) is 29.3. The van der Waals surface area contributed by atoms with E-state index in [2.05, 4.69) is 20.6 Å². The monoisotopic (exact) mass is 999 g/mol. The fraction of sp³-hybridized carbons (Fsp3) is 0.500. The molecule has 4 rings (SSSR count). The molecule has 0 aliphatic heterocycles. The molecular weight excluding hydrogens is 925 g/mol. The Balaban J connectivity index is 1.58. The normalized spacial score (nSPS) is 11.2. The SMILES string of the molecule is CCCOc1ccc(NC(=O)N(CCN(CC)CC)OC(=O)/C=C\C(=O)ON(CCN(CC)CC)C(=O)Nc2ccc(OCCC)c(-c3nc(CC)c(CC)c(=O)[nH]3)c2)cc1-c1nc(CC)c(CC)c(=O)[nH]1. The fourth-order valence-electron chi connectivity index (χ4n) is 7.63. The number of urea groups is 2. The van der Waals surface area contributed by atoms with Gasteiger partial charge in [0.05, 0.1) is 48.8 Å². The minimum absolute atomic E-state index is 0.0437. The Morgan fingerprint density at radius 2 is 0.917 bits per heavy atom. The average molecular weight is 999 g/mol. The van der Waals surface area contributed by atoms with Crippen LogP contribution >= 0.6 is 0 Å². The number of carbonyl (C=O) groups is 4. The quantitative estimate of drug-likeness (QED) is 0.0352. The van der Waals surface area contributed by atoms with Gasteiger partial charge in [0.2, 0.25) is 0 Å². The summed E-state index contributed by atoms with van der Waals surface area (Å²) < 4.78 is 12.0. The molecule has 4 amide bonds. The number of anilines is 2. The lowest BCUT2D eigenvalue weighted by Gasteiger charge is -2.25. The van der Waals surface area contributed by atoms with Crippen LogP contribution in [0.15, 0.2) is 58.1 Å². The summed E-state index contributed by atoms with van der Waals surface area (Å²) in [5.41, 5.74) is 3.45. The van der Waals surface area contributed by atoms with Crippen molar-refractivity contribution in [3.63, 3.8) is 0 Å². The van der Waals surface area contributed by atoms with Gasteiger partial charge >= 0.3 is 24.0 Å². The highest BCUT2D eigenvalue weighted by atomic mass is 16.7. The number of hydrogen-bond donors (Lipinski definition) is 4. The van der Waals surface area contributed by atoms with E-state index in [4.69, 9.17) is 29.1 Å². The van der Waals surface area contributed by atoms with Crippen molar-refractivity contribution in [2.75, 3.05) is 76.2 Å². The number of likely N-dealkylation sites (N-methyl/N-ethyl adjacent to an activating group) is 2. The van der Waals surface area contributed by atoms with Crippen molar-refractivity contribution < 1.29 is 38.3 Å². The van der Waals surface area contributed by atoms with Crippen LogP contribution in [0, 0.1) is 0 Å². The Labute approximate surface area is 422 Å². The lowest BCUT2D eigenvalue weighted by atomic mass is 10.1. The van der Waals surface area contributed by atoms with Crippen LogP contribution in [-0.4, -0.2) is 129 Å². The van der Waals surface area contributed by atoms with E-state index in [0.29, 0.717) is 135 Å². The maximum absolute atomic E-state index is 13.9. The first-order valence-electron chi connectivity index (χ1n) is 25.2. The van der Waals surface area contributed by atoms with E-state index in [0.717, 1.165) is 35.1 Å². The van der Waals surface area contributed by atoms with Crippen molar-refractivity contribution in [2.24, 2.45) is 0 Å². The molecule has 0 radical (unpaired) electrons. The number of nitrogens with one attached hydrogen (secondary N) is 4. The maximum atomic E-state index is 13.9. The van der Waals surface area contributed by atoms with E-state index in [1.807, 2.05) is 79.0 Å². The van der Waals surface area contributed by atoms with Gasteiger partial charge in [-0.15, -0.1) is 0 Å². The summed E-state index contributed by atoms with van der Waals surface area (Å²) in [6, 6.07) is 8.22. The molecule has 0 unspecified atom stereocenters. The summed E-state index contributed by atoms with van der Waals surface area (Å²) in [5, 5.41) is 7.26. The van der Waals surface area contributed by atoms with Crippen LogP contribution < -0.4 is 31.2 Å². The summed E-state index contributed by atoms with van der Waals surface area (Å²) in [7, 11) is 0. The topological polar surface area (TPSA) is 234 Å². The minimum Gasteiger partial charge on any atom is -0.493 e. The lowest BCUT2D eigenvalue weighted by Crippen LogP contribution is -2.42. The second-order valence-corrected chi connectivity index (χ2v) is 16.5. The first kappa shape index (κ1) is 57.5. The first-order valence-corrected chi connectivity index (χ1v) is 25.2. The van der Waals surface area contributed by atoms with Crippen molar-refractivity contribution >= 4 is 35.4 Å². The smallest absolute Gasteiger partial charge is 0.356 e. The molecule has 20 nitrogen and oxygen atoms in total. The van der Waals surface area contributed by atoms with Gasteiger partial charge in [-0.05, 0) is 101 Å². The number of aryl methyl sites for hydroxylation is 2. The lowest BCUT2D eigenvalue weighted by molar-refractivity contribution is -0.172. The Bertz CT molecular complexity index is 2410. The van der Waals surface area contributed by atoms with Crippen LogP contribution in [0.25, 0.3) is 22.8 Å². The van der Waals surface area contributed by atoms with E-state index in [1.165, 1.54) is 0 Å². The molecule has 0 fully saturated rings. The van der Waals surface area contributed by atoms with Crippen LogP contribution in [-0.2, 0) is 44.9 Å². The van der Waals surface area contributed by atoms with Crippen LogP contribution in [0.4, 0.5) is 21.0 Å². The predicted molar refractivity (Wildman–Crippen MR) is 278 cm³/mol. The molecule has 2 heterocycles. The molecule has 392 valence electrons. The number of aromatic nitrogens is 4. The van der Waals surface area contributed by atoms with E-state index < -0.39 is 24.0 Å². The Morgan fingerprint density at radius 1 is 0.542 bits per heavy atom. The third-order valence-electron chi connectivity index (χ3n) is 11.7. The van der Waals surface area contributed by atoms with Crippen LogP contribution in [0.2, 0.25) is 0 Å². The molecule has 4 N–H and O–H groups in total. The third kappa shape index (κ3) is 16.2. The van der Waals surface area contributed by atoms with Crippen LogP contribution in [0.5, 0.6) is 11.5 Å². The highest BCUT2D eigenvalue weighted by molar-refractivity contribution is 5.95. The van der Waals surface area contributed by atoms with Crippen molar-refractivity contribution in [3.05, 3.63) is 91.8 Å². The number of aromatic amines is 2. The van der Waals surface area contributed by atoms with Crippen molar-refractivity contribution in [2.45, 2.75) is 108 Å². The zero-order chi connectivity index (χ0) is 52.7. The second-order valence-electron chi connectivity index (χ2n) is 16.5. The number of carbonyl (C=O) groups excluding carboxylic acids is 4. The van der Waals surface area contributed by atoms with E-state index >= 15 is 0 Å². The highest BCUT2D eigenvalue weighted by Gasteiger charge is 2.24. The van der Waals surface area contributed by atoms with Gasteiger partial charge in [-0.2, -0.15) is 10.1 Å². The number of ether oxygens (including phenoxy) is 2. The largest absolute Gasteiger partial charge is 0.493 e. The summed E-state index contributed by atoms with van der Waals surface area (Å²) in [6.07, 6.45) is 5.15. The molecule has 0 aliphatic carbocycles. The maximum Gasteiger partial charge on any atom is 0.356 e. The molecule has 0 saturated heterocycles. The Kier molecular flexibility index (Phi) is 23.4. The zero-order valence-electron chi connectivity index (χ0n) is 43.7. The molecule has 20 heteroatoms. The Hall–Kier alpha value is -7.06. The predicted octanol–water partition coefficient (Wildman–Crippen LogP) is 7.54.